The number of sulfonamides is 1. The van der Waals surface area contributed by atoms with E-state index < -0.39 is 25.8 Å². The van der Waals surface area contributed by atoms with Gasteiger partial charge in [0.15, 0.2) is 9.84 Å². The number of rotatable bonds is 5. The van der Waals surface area contributed by atoms with Crippen LogP contribution in [0.4, 0.5) is 5.00 Å². The molecular formula is C20H23N3O5S3. The minimum atomic E-state index is -4.02. The zero-order valence-electron chi connectivity index (χ0n) is 17.4. The number of hydrogen-bond acceptors (Lipinski definition) is 7. The zero-order valence-corrected chi connectivity index (χ0v) is 19.8. The predicted molar refractivity (Wildman–Crippen MR) is 118 cm³/mol. The van der Waals surface area contributed by atoms with Crippen molar-refractivity contribution in [3.63, 3.8) is 0 Å². The topological polar surface area (TPSA) is 124 Å². The van der Waals surface area contributed by atoms with Crippen LogP contribution in [0.2, 0.25) is 0 Å². The van der Waals surface area contributed by atoms with Crippen molar-refractivity contribution in [2.45, 2.75) is 36.5 Å². The monoisotopic (exact) mass is 481 g/mol. The van der Waals surface area contributed by atoms with Crippen LogP contribution in [0.25, 0.3) is 0 Å². The fraction of sp³-hybridized carbons (Fsp3) is 0.400. The summed E-state index contributed by atoms with van der Waals surface area (Å²) in [6.45, 7) is 3.92. The van der Waals surface area contributed by atoms with Gasteiger partial charge in [0.05, 0.1) is 10.5 Å². The normalized spacial score (nSPS) is 16.1. The lowest BCUT2D eigenvalue weighted by Gasteiger charge is -2.30. The Hall–Kier alpha value is -2.26. The first-order valence-corrected chi connectivity index (χ1v) is 13.7. The molecule has 1 fully saturated rings. The van der Waals surface area contributed by atoms with Crippen LogP contribution in [-0.4, -0.2) is 46.4 Å². The van der Waals surface area contributed by atoms with Crippen molar-refractivity contribution in [3.8, 4) is 6.07 Å². The summed E-state index contributed by atoms with van der Waals surface area (Å²) in [5.74, 6) is -0.641. The molecule has 1 amide bonds. The van der Waals surface area contributed by atoms with Gasteiger partial charge in [0.2, 0.25) is 15.9 Å². The molecule has 31 heavy (non-hydrogen) atoms. The Morgan fingerprint density at radius 3 is 2.26 bits per heavy atom. The standard InChI is InChI=1S/C20H23N3O5S3/c1-13-14(2)29-20(16(13)12-21)22-19(24)15-8-10-23(11-9-15)31(27,28)18-7-5-4-6-17(18)30(3,25)26/h4-7,15H,8-11H2,1-3H3,(H,22,24). The van der Waals surface area contributed by atoms with Crippen molar-refractivity contribution in [1.29, 1.82) is 5.26 Å². The minimum Gasteiger partial charge on any atom is -0.316 e. The Kier molecular flexibility index (Phi) is 6.57. The van der Waals surface area contributed by atoms with E-state index >= 15 is 0 Å². The molecule has 8 nitrogen and oxygen atoms in total. The average molecular weight is 482 g/mol. The summed E-state index contributed by atoms with van der Waals surface area (Å²) in [7, 11) is -7.73. The SMILES string of the molecule is Cc1sc(NC(=O)C2CCN(S(=O)(=O)c3ccccc3S(C)(=O)=O)CC2)c(C#N)c1C. The number of carbonyl (C=O) groups excluding carboxylic acids is 1. The number of nitrogens with one attached hydrogen (secondary N) is 1. The molecule has 1 aromatic heterocycles. The third-order valence-corrected chi connectivity index (χ3v) is 9.79. The number of piperidine rings is 1. The van der Waals surface area contributed by atoms with Gasteiger partial charge in [0.25, 0.3) is 0 Å². The van der Waals surface area contributed by atoms with Gasteiger partial charge in [-0.1, -0.05) is 12.1 Å². The Morgan fingerprint density at radius 2 is 1.71 bits per heavy atom. The molecule has 166 valence electrons. The number of carbonyl (C=O) groups is 1. The van der Waals surface area contributed by atoms with Gasteiger partial charge in [-0.05, 0) is 44.4 Å². The van der Waals surface area contributed by atoms with Crippen LogP contribution in [0.15, 0.2) is 34.1 Å². The summed E-state index contributed by atoms with van der Waals surface area (Å²) >= 11 is 1.35. The summed E-state index contributed by atoms with van der Waals surface area (Å²) in [6.07, 6.45) is 1.58. The highest BCUT2D eigenvalue weighted by atomic mass is 32.2. The third kappa shape index (κ3) is 4.67. The van der Waals surface area contributed by atoms with E-state index in [1.54, 1.807) is 0 Å². The minimum absolute atomic E-state index is 0.103. The predicted octanol–water partition coefficient (Wildman–Crippen LogP) is 2.68. The van der Waals surface area contributed by atoms with Crippen LogP contribution in [0.5, 0.6) is 0 Å². The van der Waals surface area contributed by atoms with Gasteiger partial charge < -0.3 is 5.32 Å². The molecular weight excluding hydrogens is 458 g/mol. The van der Waals surface area contributed by atoms with Crippen LogP contribution in [0, 0.1) is 31.1 Å². The van der Waals surface area contributed by atoms with Crippen molar-refractivity contribution >= 4 is 42.1 Å². The van der Waals surface area contributed by atoms with Crippen molar-refractivity contribution in [1.82, 2.24) is 4.31 Å². The first-order valence-electron chi connectivity index (χ1n) is 9.57. The molecule has 1 aromatic carbocycles. The molecule has 2 aromatic rings. The molecule has 0 aliphatic carbocycles. The van der Waals surface area contributed by atoms with Crippen LogP contribution >= 0.6 is 11.3 Å². The lowest BCUT2D eigenvalue weighted by atomic mass is 9.97. The van der Waals surface area contributed by atoms with Crippen LogP contribution in [-0.2, 0) is 24.7 Å². The van der Waals surface area contributed by atoms with Gasteiger partial charge in [0.1, 0.15) is 16.0 Å². The van der Waals surface area contributed by atoms with Crippen molar-refractivity contribution < 1.29 is 21.6 Å². The summed E-state index contributed by atoms with van der Waals surface area (Å²) < 4.78 is 51.4. The smallest absolute Gasteiger partial charge is 0.244 e. The highest BCUT2D eigenvalue weighted by Crippen LogP contribution is 2.33. The summed E-state index contributed by atoms with van der Waals surface area (Å²) in [5, 5.41) is 12.7. The van der Waals surface area contributed by atoms with E-state index in [1.807, 2.05) is 13.8 Å². The van der Waals surface area contributed by atoms with E-state index in [0.717, 1.165) is 16.7 Å². The molecule has 0 spiro atoms. The summed E-state index contributed by atoms with van der Waals surface area (Å²) in [6, 6.07) is 7.65. The second-order valence-electron chi connectivity index (χ2n) is 7.49. The molecule has 0 atom stereocenters. The van der Waals surface area contributed by atoms with Gasteiger partial charge >= 0.3 is 0 Å². The number of hydrogen-bond donors (Lipinski definition) is 1. The fourth-order valence-corrected chi connectivity index (χ4v) is 7.62. The number of nitrogens with zero attached hydrogens (tertiary/aromatic N) is 2. The van der Waals surface area contributed by atoms with E-state index in [4.69, 9.17) is 0 Å². The van der Waals surface area contributed by atoms with Crippen LogP contribution in [0.1, 0.15) is 28.8 Å². The first kappa shape index (κ1) is 23.4. The number of thiophene rings is 1. The average Bonchev–Trinajstić information content (AvgIpc) is 2.99. The fourth-order valence-electron chi connectivity index (χ4n) is 3.53. The van der Waals surface area contributed by atoms with Gasteiger partial charge in [-0.25, -0.2) is 16.8 Å². The highest BCUT2D eigenvalue weighted by Gasteiger charge is 2.34. The summed E-state index contributed by atoms with van der Waals surface area (Å²) in [4.78, 5) is 13.2. The molecule has 1 aliphatic rings. The largest absolute Gasteiger partial charge is 0.316 e. The van der Waals surface area contributed by atoms with Gasteiger partial charge in [0, 0.05) is 30.1 Å². The molecule has 0 radical (unpaired) electrons. The Morgan fingerprint density at radius 1 is 1.13 bits per heavy atom. The maximum atomic E-state index is 13.1. The van der Waals surface area contributed by atoms with Crippen molar-refractivity contribution in [3.05, 3.63) is 40.3 Å². The molecule has 0 unspecified atom stereocenters. The number of aryl methyl sites for hydroxylation is 1. The zero-order chi connectivity index (χ0) is 23.0. The lowest BCUT2D eigenvalue weighted by Crippen LogP contribution is -2.41. The molecule has 1 aliphatic heterocycles. The molecule has 0 saturated carbocycles. The Bertz CT molecular complexity index is 1270. The molecule has 11 heteroatoms. The molecule has 0 bridgehead atoms. The quantitative estimate of drug-likeness (QED) is 0.700. The third-order valence-electron chi connectivity index (χ3n) is 5.43. The van der Waals surface area contributed by atoms with Crippen LogP contribution in [0.3, 0.4) is 0 Å². The second-order valence-corrected chi connectivity index (χ2v) is 12.6. The number of amides is 1. The number of nitriles is 1. The van der Waals surface area contributed by atoms with E-state index in [0.29, 0.717) is 23.4 Å². The number of anilines is 1. The van der Waals surface area contributed by atoms with Gasteiger partial charge in [-0.2, -0.15) is 9.57 Å². The molecule has 1 saturated heterocycles. The van der Waals surface area contributed by atoms with E-state index in [9.17, 15) is 26.9 Å². The Balaban J connectivity index is 1.73. The molecule has 3 rings (SSSR count). The molecule has 2 heterocycles. The molecule has 1 N–H and O–H groups in total. The van der Waals surface area contributed by atoms with Gasteiger partial charge in [-0.3, -0.25) is 4.79 Å². The second kappa shape index (κ2) is 8.70. The lowest BCUT2D eigenvalue weighted by molar-refractivity contribution is -0.120. The van der Waals surface area contributed by atoms with E-state index in [1.165, 1.54) is 39.9 Å². The van der Waals surface area contributed by atoms with E-state index in [-0.39, 0.29) is 28.8 Å². The number of sulfone groups is 1. The maximum Gasteiger partial charge on any atom is 0.244 e. The van der Waals surface area contributed by atoms with Crippen molar-refractivity contribution in [2.24, 2.45) is 5.92 Å². The number of benzene rings is 1. The highest BCUT2D eigenvalue weighted by molar-refractivity contribution is 7.93. The van der Waals surface area contributed by atoms with Gasteiger partial charge in [-0.15, -0.1) is 11.3 Å². The van der Waals surface area contributed by atoms with Crippen molar-refractivity contribution in [2.75, 3.05) is 24.7 Å². The Labute approximate surface area is 186 Å². The van der Waals surface area contributed by atoms with Crippen LogP contribution < -0.4 is 5.32 Å². The first-order chi connectivity index (χ1) is 14.5. The summed E-state index contributed by atoms with van der Waals surface area (Å²) in [5.41, 5.74) is 1.29. The maximum absolute atomic E-state index is 13.1. The van der Waals surface area contributed by atoms with E-state index in [2.05, 4.69) is 11.4 Å².